The summed E-state index contributed by atoms with van der Waals surface area (Å²) in [6.07, 6.45) is 7.16. The normalized spacial score (nSPS) is 11.1. The lowest BCUT2D eigenvalue weighted by Crippen LogP contribution is -2.39. The van der Waals surface area contributed by atoms with Crippen LogP contribution in [-0.4, -0.2) is 0 Å². The second-order valence-electron chi connectivity index (χ2n) is 14.6. The molecule has 0 aliphatic rings. The molecule has 8 rings (SSSR count). The van der Waals surface area contributed by atoms with Gasteiger partial charge in [0.2, 0.25) is 22.8 Å². The highest BCUT2D eigenvalue weighted by Crippen LogP contribution is 2.31. The largest absolute Gasteiger partial charge is 0.213 e. The molecule has 274 valence electrons. The molecule has 0 aliphatic carbocycles. The fraction of sp³-hybridized carbons (Fsp3) is 0.148. The van der Waals surface area contributed by atoms with Gasteiger partial charge in [-0.25, -0.2) is 0 Å². The molecule has 0 saturated carbocycles. The molecule has 0 aliphatic heterocycles. The van der Waals surface area contributed by atoms with Crippen LogP contribution in [-0.2, 0) is 13.1 Å². The lowest BCUT2D eigenvalue weighted by Gasteiger charge is -2.13. The summed E-state index contributed by atoms with van der Waals surface area (Å²) in [6, 6.07) is 74.7. The predicted molar refractivity (Wildman–Crippen MR) is 234 cm³/mol. The molecule has 56 heavy (non-hydrogen) atoms. The Bertz CT molecular complexity index is 2130. The molecule has 2 nitrogen and oxygen atoms in total. The molecule has 0 spiro atoms. The fourth-order valence-electron chi connectivity index (χ4n) is 7.96. The third kappa shape index (κ3) is 8.77. The van der Waals surface area contributed by atoms with Gasteiger partial charge < -0.3 is 0 Å². The molecule has 2 heterocycles. The molecule has 0 amide bonds. The topological polar surface area (TPSA) is 7.76 Å². The highest BCUT2D eigenvalue weighted by molar-refractivity contribution is 5.75. The highest BCUT2D eigenvalue weighted by atomic mass is 15.0. The van der Waals surface area contributed by atoms with Gasteiger partial charge in [-0.15, -0.1) is 0 Å². The molecule has 0 bridgehead atoms. The summed E-state index contributed by atoms with van der Waals surface area (Å²) in [4.78, 5) is 0. The van der Waals surface area contributed by atoms with Gasteiger partial charge in [-0.05, 0) is 83.6 Å². The molecule has 8 aromatic rings. The zero-order valence-corrected chi connectivity index (χ0v) is 32.2. The van der Waals surface area contributed by atoms with Crippen LogP contribution in [0, 0.1) is 0 Å². The number of benzene rings is 6. The minimum atomic E-state index is 0.980. The number of pyridine rings is 2. The van der Waals surface area contributed by atoms with E-state index in [0.29, 0.717) is 0 Å². The number of hydrogen-bond donors (Lipinski definition) is 0. The summed E-state index contributed by atoms with van der Waals surface area (Å²) >= 11 is 0. The molecule has 0 radical (unpaired) electrons. The SMILES string of the molecule is c1ccc(-c2cc(-c3ccccc3)[n+](CCCCCCCC[n+]3c(-c4ccccc4)cc(-c4ccccc4)cc3-c3ccccc3)c(-c3ccccc3)c2)cc1. The second-order valence-corrected chi connectivity index (χ2v) is 14.6. The Hall–Kier alpha value is -6.38. The predicted octanol–water partition coefficient (Wildman–Crippen LogP) is 13.3. The van der Waals surface area contributed by atoms with Crippen LogP contribution in [0.15, 0.2) is 206 Å². The van der Waals surface area contributed by atoms with Gasteiger partial charge in [-0.1, -0.05) is 146 Å². The molecule has 6 aromatic carbocycles. The van der Waals surface area contributed by atoms with Crippen LogP contribution in [0.25, 0.3) is 67.3 Å². The Morgan fingerprint density at radius 2 is 0.429 bits per heavy atom. The van der Waals surface area contributed by atoms with Crippen LogP contribution >= 0.6 is 0 Å². The lowest BCUT2D eigenvalue weighted by molar-refractivity contribution is -0.676. The van der Waals surface area contributed by atoms with E-state index in [1.165, 1.54) is 93.0 Å². The van der Waals surface area contributed by atoms with E-state index in [4.69, 9.17) is 0 Å². The maximum atomic E-state index is 2.56. The van der Waals surface area contributed by atoms with Crippen LogP contribution in [0.3, 0.4) is 0 Å². The quantitative estimate of drug-likeness (QED) is 0.0734. The van der Waals surface area contributed by atoms with Gasteiger partial charge in [0, 0.05) is 59.4 Å². The Balaban J connectivity index is 0.984. The number of hydrogen-bond acceptors (Lipinski definition) is 0. The van der Waals surface area contributed by atoms with Gasteiger partial charge in [0.15, 0.2) is 0 Å². The lowest BCUT2D eigenvalue weighted by atomic mass is 9.98. The van der Waals surface area contributed by atoms with Crippen molar-refractivity contribution in [3.63, 3.8) is 0 Å². The van der Waals surface area contributed by atoms with Crippen LogP contribution in [0.4, 0.5) is 0 Å². The Kier molecular flexibility index (Phi) is 12.0. The van der Waals surface area contributed by atoms with Crippen molar-refractivity contribution in [1.29, 1.82) is 0 Å². The number of rotatable bonds is 15. The first-order valence-corrected chi connectivity index (χ1v) is 20.3. The molecular formula is C54H50N2+2. The van der Waals surface area contributed by atoms with Crippen molar-refractivity contribution in [2.75, 3.05) is 0 Å². The van der Waals surface area contributed by atoms with Crippen molar-refractivity contribution in [1.82, 2.24) is 0 Å². The molecule has 0 atom stereocenters. The molecule has 0 N–H and O–H groups in total. The summed E-state index contributed by atoms with van der Waals surface area (Å²) in [5, 5.41) is 0. The van der Waals surface area contributed by atoms with Gasteiger partial charge in [-0.2, -0.15) is 9.13 Å². The average molecular weight is 727 g/mol. The van der Waals surface area contributed by atoms with Crippen molar-refractivity contribution >= 4 is 0 Å². The maximum absolute atomic E-state index is 2.56. The van der Waals surface area contributed by atoms with Crippen LogP contribution < -0.4 is 9.13 Å². The maximum Gasteiger partial charge on any atom is 0.213 e. The summed E-state index contributed by atoms with van der Waals surface area (Å²) in [5.74, 6) is 0. The number of aromatic nitrogens is 2. The van der Waals surface area contributed by atoms with Crippen molar-refractivity contribution in [2.24, 2.45) is 0 Å². The first-order valence-electron chi connectivity index (χ1n) is 20.3. The van der Waals surface area contributed by atoms with E-state index in [0.717, 1.165) is 25.9 Å². The molecule has 0 fully saturated rings. The van der Waals surface area contributed by atoms with Crippen LogP contribution in [0.2, 0.25) is 0 Å². The first kappa shape index (κ1) is 36.6. The van der Waals surface area contributed by atoms with Crippen molar-refractivity contribution in [3.8, 4) is 67.3 Å². The van der Waals surface area contributed by atoms with Crippen LogP contribution in [0.1, 0.15) is 38.5 Å². The minimum Gasteiger partial charge on any atom is -0.191 e. The van der Waals surface area contributed by atoms with E-state index in [-0.39, 0.29) is 0 Å². The average Bonchev–Trinajstić information content (AvgIpc) is 3.28. The van der Waals surface area contributed by atoms with Gasteiger partial charge in [0.05, 0.1) is 0 Å². The third-order valence-corrected chi connectivity index (χ3v) is 10.8. The van der Waals surface area contributed by atoms with E-state index in [2.05, 4.69) is 215 Å². The molecule has 0 saturated heterocycles. The number of nitrogens with zero attached hydrogens (tertiary/aromatic N) is 2. The van der Waals surface area contributed by atoms with Crippen LogP contribution in [0.5, 0.6) is 0 Å². The monoisotopic (exact) mass is 726 g/mol. The smallest absolute Gasteiger partial charge is 0.191 e. The summed E-state index contributed by atoms with van der Waals surface area (Å²) in [6.45, 7) is 1.96. The van der Waals surface area contributed by atoms with Crippen molar-refractivity contribution in [3.05, 3.63) is 206 Å². The number of unbranched alkanes of at least 4 members (excludes halogenated alkanes) is 5. The van der Waals surface area contributed by atoms with Gasteiger partial charge in [-0.3, -0.25) is 0 Å². The molecular weight excluding hydrogens is 677 g/mol. The summed E-state index contributed by atoms with van der Waals surface area (Å²) < 4.78 is 5.12. The van der Waals surface area contributed by atoms with Gasteiger partial charge in [0.1, 0.15) is 13.1 Å². The summed E-state index contributed by atoms with van der Waals surface area (Å²) in [5.41, 5.74) is 15.1. The van der Waals surface area contributed by atoms with E-state index in [1.54, 1.807) is 0 Å². The Morgan fingerprint density at radius 1 is 0.214 bits per heavy atom. The minimum absolute atomic E-state index is 0.980. The third-order valence-electron chi connectivity index (χ3n) is 10.8. The molecule has 2 aromatic heterocycles. The standard InChI is InChI=1S/C54H50N2/c1(3-23-37-55-51(45-29-15-7-16-30-45)39-49(43-25-11-5-12-26-43)40-52(55)46-31-17-8-18-32-46)2-4-24-38-56-53(47-33-19-9-20-34-47)41-50(44-27-13-6-14-28-44)42-54(56)48-35-21-10-22-36-48/h5-22,25-36,39-42H,1-4,23-24,37-38H2/q+2. The first-order chi connectivity index (χ1) is 27.8. The van der Waals surface area contributed by atoms with E-state index in [1.807, 2.05) is 0 Å². The van der Waals surface area contributed by atoms with E-state index >= 15 is 0 Å². The molecule has 2 heteroatoms. The van der Waals surface area contributed by atoms with Gasteiger partial charge >= 0.3 is 0 Å². The summed E-state index contributed by atoms with van der Waals surface area (Å²) in [7, 11) is 0. The van der Waals surface area contributed by atoms with Crippen molar-refractivity contribution in [2.45, 2.75) is 51.6 Å². The molecule has 0 unspecified atom stereocenters. The Labute approximate surface area is 333 Å². The van der Waals surface area contributed by atoms with E-state index < -0.39 is 0 Å². The zero-order valence-electron chi connectivity index (χ0n) is 32.2. The zero-order chi connectivity index (χ0) is 37.8. The van der Waals surface area contributed by atoms with E-state index in [9.17, 15) is 0 Å². The fourth-order valence-corrected chi connectivity index (χ4v) is 7.96. The Morgan fingerprint density at radius 3 is 0.679 bits per heavy atom. The highest BCUT2D eigenvalue weighted by Gasteiger charge is 2.24. The van der Waals surface area contributed by atoms with Crippen molar-refractivity contribution < 1.29 is 9.13 Å². The van der Waals surface area contributed by atoms with Gasteiger partial charge in [0.25, 0.3) is 0 Å². The second kappa shape index (κ2) is 18.3.